The highest BCUT2D eigenvalue weighted by Gasteiger charge is 2.25. The van der Waals surface area contributed by atoms with Gasteiger partial charge in [-0.25, -0.2) is 0 Å². The van der Waals surface area contributed by atoms with Gasteiger partial charge in [-0.15, -0.1) is 0 Å². The minimum Gasteiger partial charge on any atom is -0.358 e. The van der Waals surface area contributed by atoms with Crippen LogP contribution >= 0.6 is 0 Å². The molecule has 2 aromatic rings. The van der Waals surface area contributed by atoms with Crippen molar-refractivity contribution >= 4 is 10.9 Å². The third kappa shape index (κ3) is 1.38. The Labute approximate surface area is 96.9 Å². The van der Waals surface area contributed by atoms with Gasteiger partial charge in [0.25, 0.3) is 0 Å². The first kappa shape index (κ1) is 9.95. The summed E-state index contributed by atoms with van der Waals surface area (Å²) >= 11 is 0. The van der Waals surface area contributed by atoms with Crippen LogP contribution in [0.15, 0.2) is 18.2 Å². The zero-order valence-electron chi connectivity index (χ0n) is 10.3. The van der Waals surface area contributed by atoms with Gasteiger partial charge >= 0.3 is 0 Å². The molecule has 0 spiro atoms. The quantitative estimate of drug-likeness (QED) is 0.676. The third-order valence-corrected chi connectivity index (χ3v) is 3.88. The fraction of sp³-hybridized carbons (Fsp3) is 0.467. The predicted molar refractivity (Wildman–Crippen MR) is 68.9 cm³/mol. The molecule has 0 bridgehead atoms. The Balaban J connectivity index is 2.27. The third-order valence-electron chi connectivity index (χ3n) is 3.88. The molecule has 1 heterocycles. The Hall–Kier alpha value is -1.24. The molecule has 1 aliphatic carbocycles. The van der Waals surface area contributed by atoms with E-state index in [4.69, 9.17) is 0 Å². The van der Waals surface area contributed by atoms with E-state index < -0.39 is 0 Å². The molecule has 0 fully saturated rings. The van der Waals surface area contributed by atoms with Crippen LogP contribution in [-0.4, -0.2) is 4.98 Å². The first-order chi connectivity index (χ1) is 7.65. The van der Waals surface area contributed by atoms with Crippen molar-refractivity contribution in [2.75, 3.05) is 0 Å². The smallest absolute Gasteiger partial charge is 0.0459 e. The highest BCUT2D eigenvalue weighted by Crippen LogP contribution is 2.39. The Bertz CT molecular complexity index is 536. The molecule has 84 valence electrons. The highest BCUT2D eigenvalue weighted by molar-refractivity contribution is 5.86. The molecule has 0 saturated carbocycles. The van der Waals surface area contributed by atoms with Gasteiger partial charge in [0, 0.05) is 16.6 Å². The van der Waals surface area contributed by atoms with Crippen molar-refractivity contribution in [2.45, 2.75) is 39.5 Å². The molecule has 1 aromatic carbocycles. The van der Waals surface area contributed by atoms with Gasteiger partial charge in [-0.2, -0.15) is 0 Å². The van der Waals surface area contributed by atoms with Crippen LogP contribution in [0.1, 0.15) is 43.0 Å². The predicted octanol–water partition coefficient (Wildman–Crippen LogP) is 4.16. The van der Waals surface area contributed by atoms with E-state index in [2.05, 4.69) is 44.0 Å². The molecule has 0 saturated heterocycles. The molecule has 1 aromatic heterocycles. The van der Waals surface area contributed by atoms with Crippen molar-refractivity contribution in [1.82, 2.24) is 4.98 Å². The summed E-state index contributed by atoms with van der Waals surface area (Å²) in [6.45, 7) is 6.90. The molecule has 1 N–H and O–H groups in total. The Morgan fingerprint density at radius 1 is 1.25 bits per heavy atom. The Morgan fingerprint density at radius 2 is 2.06 bits per heavy atom. The van der Waals surface area contributed by atoms with E-state index in [9.17, 15) is 0 Å². The van der Waals surface area contributed by atoms with Crippen LogP contribution in [0.5, 0.6) is 0 Å². The molecule has 2 atom stereocenters. The van der Waals surface area contributed by atoms with E-state index in [1.165, 1.54) is 35.0 Å². The number of aromatic nitrogens is 1. The lowest BCUT2D eigenvalue weighted by Gasteiger charge is -2.24. The summed E-state index contributed by atoms with van der Waals surface area (Å²) in [6.07, 6.45) is 2.54. The fourth-order valence-electron chi connectivity index (χ4n) is 3.26. The number of H-pyrrole nitrogens is 1. The second-order valence-corrected chi connectivity index (χ2v) is 5.51. The van der Waals surface area contributed by atoms with Crippen molar-refractivity contribution in [3.05, 3.63) is 35.0 Å². The van der Waals surface area contributed by atoms with Crippen LogP contribution in [0.3, 0.4) is 0 Å². The molecule has 1 nitrogen and oxygen atoms in total. The topological polar surface area (TPSA) is 15.8 Å². The molecular weight excluding hydrogens is 194 g/mol. The molecule has 2 unspecified atom stereocenters. The summed E-state index contributed by atoms with van der Waals surface area (Å²) in [5.74, 6) is 1.52. The number of rotatable bonds is 0. The maximum atomic E-state index is 3.60. The number of hydrogen-bond acceptors (Lipinski definition) is 0. The minimum atomic E-state index is 0.703. The van der Waals surface area contributed by atoms with E-state index in [1.54, 1.807) is 5.56 Å². The van der Waals surface area contributed by atoms with Gasteiger partial charge in [0.1, 0.15) is 0 Å². The molecule has 0 aliphatic heterocycles. The maximum Gasteiger partial charge on any atom is 0.0459 e. The molecule has 0 radical (unpaired) electrons. The lowest BCUT2D eigenvalue weighted by Crippen LogP contribution is -2.13. The van der Waals surface area contributed by atoms with Crippen molar-refractivity contribution in [2.24, 2.45) is 5.92 Å². The van der Waals surface area contributed by atoms with Gasteiger partial charge in [-0.1, -0.05) is 25.5 Å². The lowest BCUT2D eigenvalue weighted by atomic mass is 9.81. The second kappa shape index (κ2) is 3.38. The molecular formula is C15H19N. The number of aryl methyl sites for hydroxylation is 1. The van der Waals surface area contributed by atoms with Gasteiger partial charge in [0.05, 0.1) is 0 Å². The second-order valence-electron chi connectivity index (χ2n) is 5.51. The zero-order valence-corrected chi connectivity index (χ0v) is 10.3. The van der Waals surface area contributed by atoms with Crippen molar-refractivity contribution in [3.63, 3.8) is 0 Å². The normalized spacial score (nSPS) is 24.7. The van der Waals surface area contributed by atoms with Crippen LogP contribution in [0.4, 0.5) is 0 Å². The summed E-state index contributed by atoms with van der Waals surface area (Å²) in [5, 5.41) is 1.45. The molecule has 0 amide bonds. The largest absolute Gasteiger partial charge is 0.358 e. The number of benzene rings is 1. The average molecular weight is 213 g/mol. The number of fused-ring (bicyclic) bond motifs is 3. The first-order valence-electron chi connectivity index (χ1n) is 6.26. The van der Waals surface area contributed by atoms with Crippen LogP contribution in [0.2, 0.25) is 0 Å². The van der Waals surface area contributed by atoms with Gasteiger partial charge in [-0.05, 0) is 49.3 Å². The first-order valence-corrected chi connectivity index (χ1v) is 6.26. The molecule has 1 aliphatic rings. The van der Waals surface area contributed by atoms with E-state index in [0.717, 1.165) is 5.92 Å². The Kier molecular flexibility index (Phi) is 2.10. The number of aromatic amines is 1. The van der Waals surface area contributed by atoms with Crippen molar-refractivity contribution < 1.29 is 0 Å². The van der Waals surface area contributed by atoms with Gasteiger partial charge in [0.15, 0.2) is 0 Å². The van der Waals surface area contributed by atoms with Gasteiger partial charge < -0.3 is 4.98 Å². The standard InChI is InChI=1S/C15H19N/c1-9-4-5-13-12(7-9)15-11(3)6-10(2)8-14(15)16-13/h4-5,7,10-11,16H,6,8H2,1-3H3. The van der Waals surface area contributed by atoms with Crippen LogP contribution in [0, 0.1) is 12.8 Å². The summed E-state index contributed by atoms with van der Waals surface area (Å²) in [4.78, 5) is 3.60. The van der Waals surface area contributed by atoms with E-state index in [-0.39, 0.29) is 0 Å². The SMILES string of the molecule is Cc1ccc2[nH]c3c(c2c1)C(C)CC(C)C3. The Morgan fingerprint density at radius 3 is 2.88 bits per heavy atom. The summed E-state index contributed by atoms with van der Waals surface area (Å²) in [5.41, 5.74) is 5.74. The van der Waals surface area contributed by atoms with E-state index >= 15 is 0 Å². The molecule has 3 rings (SSSR count). The molecule has 16 heavy (non-hydrogen) atoms. The van der Waals surface area contributed by atoms with Crippen LogP contribution in [0.25, 0.3) is 10.9 Å². The average Bonchev–Trinajstić information content (AvgIpc) is 2.54. The maximum absolute atomic E-state index is 3.60. The lowest BCUT2D eigenvalue weighted by molar-refractivity contribution is 0.448. The van der Waals surface area contributed by atoms with Gasteiger partial charge in [-0.3, -0.25) is 0 Å². The van der Waals surface area contributed by atoms with Gasteiger partial charge in [0.2, 0.25) is 0 Å². The van der Waals surface area contributed by atoms with Crippen LogP contribution in [-0.2, 0) is 6.42 Å². The van der Waals surface area contributed by atoms with Crippen molar-refractivity contribution in [3.8, 4) is 0 Å². The monoisotopic (exact) mass is 213 g/mol. The summed E-state index contributed by atoms with van der Waals surface area (Å²) in [7, 11) is 0. The number of nitrogens with one attached hydrogen (secondary N) is 1. The fourth-order valence-corrected chi connectivity index (χ4v) is 3.26. The molecule has 1 heteroatoms. The number of hydrogen-bond donors (Lipinski definition) is 1. The van der Waals surface area contributed by atoms with E-state index in [0.29, 0.717) is 5.92 Å². The summed E-state index contributed by atoms with van der Waals surface area (Å²) in [6, 6.07) is 6.75. The van der Waals surface area contributed by atoms with Crippen LogP contribution < -0.4 is 0 Å². The minimum absolute atomic E-state index is 0.703. The van der Waals surface area contributed by atoms with E-state index in [1.807, 2.05) is 0 Å². The zero-order chi connectivity index (χ0) is 11.3. The highest BCUT2D eigenvalue weighted by atomic mass is 14.7. The summed E-state index contributed by atoms with van der Waals surface area (Å²) < 4.78 is 0. The van der Waals surface area contributed by atoms with Crippen molar-refractivity contribution in [1.29, 1.82) is 0 Å².